The Kier molecular flexibility index (Phi) is 6.58. The molecular weight excluding hydrogens is 260 g/mol. The van der Waals surface area contributed by atoms with Crippen molar-refractivity contribution in [3.63, 3.8) is 0 Å². The Morgan fingerprint density at radius 3 is 2.16 bits per heavy atom. The van der Waals surface area contributed by atoms with Crippen LogP contribution in [0.1, 0.15) is 44.9 Å². The van der Waals surface area contributed by atoms with Crippen LogP contribution < -0.4 is 0 Å². The molecule has 0 aromatic carbocycles. The second kappa shape index (κ2) is 7.26. The molecule has 112 valence electrons. The molecule has 0 saturated carbocycles. The minimum absolute atomic E-state index is 0.883. The van der Waals surface area contributed by atoms with Crippen LogP contribution in [0.25, 0.3) is 0 Å². The third-order valence-corrected chi connectivity index (χ3v) is 8.55. The first kappa shape index (κ1) is 17.2. The van der Waals surface area contributed by atoms with Crippen LogP contribution in [0.5, 0.6) is 0 Å². The number of rotatable bonds is 4. The van der Waals surface area contributed by atoms with Crippen LogP contribution in [0.3, 0.4) is 0 Å². The fourth-order valence-corrected chi connectivity index (χ4v) is 6.78. The predicted molar refractivity (Wildman–Crippen MR) is 95.4 cm³/mol. The van der Waals surface area contributed by atoms with Gasteiger partial charge in [0.05, 0.1) is 8.07 Å². The fourth-order valence-electron chi connectivity index (χ4n) is 3.29. The van der Waals surface area contributed by atoms with E-state index in [1.807, 2.05) is 5.20 Å². The average Bonchev–Trinajstić information content (AvgIpc) is 2.35. The summed E-state index contributed by atoms with van der Waals surface area (Å²) in [6, 6.07) is 1.51. The lowest BCUT2D eigenvalue weighted by Gasteiger charge is -2.31. The summed E-state index contributed by atoms with van der Waals surface area (Å²) >= 11 is 0. The van der Waals surface area contributed by atoms with Crippen molar-refractivity contribution in [2.45, 2.75) is 90.3 Å². The van der Waals surface area contributed by atoms with E-state index in [0.29, 0.717) is 0 Å². The molecule has 0 saturated heterocycles. The first-order valence-corrected chi connectivity index (χ1v) is 15.6. The summed E-state index contributed by atoms with van der Waals surface area (Å²) < 4.78 is 0. The van der Waals surface area contributed by atoms with Crippen molar-refractivity contribution in [2.24, 2.45) is 5.92 Å². The molecular formula is C17H36Si2. The van der Waals surface area contributed by atoms with Gasteiger partial charge in [-0.05, 0) is 31.6 Å². The molecule has 0 bridgehead atoms. The lowest BCUT2D eigenvalue weighted by Crippen LogP contribution is -2.31. The van der Waals surface area contributed by atoms with E-state index in [9.17, 15) is 0 Å². The molecule has 1 rings (SSSR count). The summed E-state index contributed by atoms with van der Waals surface area (Å²) in [6.07, 6.45) is 12.8. The SMILES string of the molecule is C[Si](C)(C)CCC1CCCCCC/C=C\1[Si](C)(C)C. The van der Waals surface area contributed by atoms with Gasteiger partial charge in [0, 0.05) is 8.07 Å². The molecule has 0 fully saturated rings. The predicted octanol–water partition coefficient (Wildman–Crippen LogP) is 6.49. The topological polar surface area (TPSA) is 0 Å². The van der Waals surface area contributed by atoms with Crippen molar-refractivity contribution in [1.29, 1.82) is 0 Å². The first-order chi connectivity index (χ1) is 8.70. The van der Waals surface area contributed by atoms with Crippen LogP contribution in [0.2, 0.25) is 45.3 Å². The first-order valence-electron chi connectivity index (χ1n) is 8.41. The van der Waals surface area contributed by atoms with Gasteiger partial charge in [-0.2, -0.15) is 0 Å². The highest BCUT2D eigenvalue weighted by atomic mass is 28.3. The Bertz CT molecular complexity index is 291. The Hall–Kier alpha value is 0.174. The quantitative estimate of drug-likeness (QED) is 0.520. The van der Waals surface area contributed by atoms with Gasteiger partial charge in [-0.3, -0.25) is 0 Å². The van der Waals surface area contributed by atoms with Crippen molar-refractivity contribution in [3.8, 4) is 0 Å². The maximum Gasteiger partial charge on any atom is 0.0723 e. The normalized spacial score (nSPS) is 26.0. The van der Waals surface area contributed by atoms with Crippen molar-refractivity contribution in [1.82, 2.24) is 0 Å². The van der Waals surface area contributed by atoms with E-state index in [4.69, 9.17) is 0 Å². The summed E-state index contributed by atoms with van der Waals surface area (Å²) in [4.78, 5) is 0. The van der Waals surface area contributed by atoms with Crippen LogP contribution in [-0.4, -0.2) is 16.1 Å². The largest absolute Gasteiger partial charge is 0.0889 e. The van der Waals surface area contributed by atoms with E-state index in [1.165, 1.54) is 51.0 Å². The van der Waals surface area contributed by atoms with Crippen molar-refractivity contribution in [3.05, 3.63) is 11.3 Å². The number of hydrogen-bond donors (Lipinski definition) is 0. The van der Waals surface area contributed by atoms with Gasteiger partial charge >= 0.3 is 0 Å². The molecule has 0 aromatic rings. The van der Waals surface area contributed by atoms with Gasteiger partial charge in [-0.25, -0.2) is 0 Å². The molecule has 0 aliphatic heterocycles. The number of allylic oxidation sites excluding steroid dienone is 2. The molecule has 1 atom stereocenters. The lowest BCUT2D eigenvalue weighted by molar-refractivity contribution is 0.512. The van der Waals surface area contributed by atoms with Crippen LogP contribution >= 0.6 is 0 Å². The monoisotopic (exact) mass is 296 g/mol. The van der Waals surface area contributed by atoms with Crippen molar-refractivity contribution < 1.29 is 0 Å². The third kappa shape index (κ3) is 6.94. The second-order valence-corrected chi connectivity index (χ2v) is 19.4. The summed E-state index contributed by atoms with van der Waals surface area (Å²) in [5.74, 6) is 0.927. The maximum atomic E-state index is 2.67. The summed E-state index contributed by atoms with van der Waals surface area (Å²) in [5, 5.41) is 1.91. The standard InChI is InChI=1S/C17H36Si2/c1-18(2,3)15-14-16-12-10-8-7-9-11-13-17(16)19(4,5)6/h13,16H,7-12,14-15H2,1-6H3/b17-13+. The molecule has 0 N–H and O–H groups in total. The minimum Gasteiger partial charge on any atom is -0.0889 e. The zero-order chi connectivity index (χ0) is 14.5. The highest BCUT2D eigenvalue weighted by Gasteiger charge is 2.28. The van der Waals surface area contributed by atoms with Gasteiger partial charge in [0.1, 0.15) is 0 Å². The fraction of sp³-hybridized carbons (Fsp3) is 0.882. The number of hydrogen-bond acceptors (Lipinski definition) is 0. The van der Waals surface area contributed by atoms with Gasteiger partial charge in [0.25, 0.3) is 0 Å². The summed E-state index contributed by atoms with van der Waals surface area (Å²) in [6.45, 7) is 15.2. The zero-order valence-electron chi connectivity index (χ0n) is 14.3. The van der Waals surface area contributed by atoms with E-state index in [-0.39, 0.29) is 0 Å². The van der Waals surface area contributed by atoms with Gasteiger partial charge in [0.15, 0.2) is 0 Å². The van der Waals surface area contributed by atoms with Crippen molar-refractivity contribution in [2.75, 3.05) is 0 Å². The van der Waals surface area contributed by atoms with E-state index >= 15 is 0 Å². The van der Waals surface area contributed by atoms with Crippen LogP contribution in [0.4, 0.5) is 0 Å². The molecule has 0 radical (unpaired) electrons. The molecule has 0 nitrogen and oxygen atoms in total. The molecule has 1 aliphatic carbocycles. The Labute approximate surface area is 124 Å². The molecule has 19 heavy (non-hydrogen) atoms. The average molecular weight is 297 g/mol. The van der Waals surface area contributed by atoms with Gasteiger partial charge in [0.2, 0.25) is 0 Å². The molecule has 0 spiro atoms. The summed E-state index contributed by atoms with van der Waals surface area (Å²) in [7, 11) is -2.00. The molecule has 0 amide bonds. The Morgan fingerprint density at radius 2 is 1.58 bits per heavy atom. The summed E-state index contributed by atoms with van der Waals surface area (Å²) in [5.41, 5.74) is 0. The molecule has 1 aliphatic rings. The Balaban J connectivity index is 2.80. The van der Waals surface area contributed by atoms with E-state index < -0.39 is 16.1 Å². The highest BCUT2D eigenvalue weighted by Crippen LogP contribution is 2.34. The molecule has 0 heterocycles. The highest BCUT2D eigenvalue weighted by molar-refractivity contribution is 6.83. The Morgan fingerprint density at radius 1 is 0.947 bits per heavy atom. The lowest BCUT2D eigenvalue weighted by atomic mass is 9.98. The smallest absolute Gasteiger partial charge is 0.0723 e. The van der Waals surface area contributed by atoms with Crippen LogP contribution in [0.15, 0.2) is 11.3 Å². The van der Waals surface area contributed by atoms with Crippen LogP contribution in [0, 0.1) is 5.92 Å². The van der Waals surface area contributed by atoms with Crippen molar-refractivity contribution >= 4 is 16.1 Å². The zero-order valence-corrected chi connectivity index (χ0v) is 16.3. The van der Waals surface area contributed by atoms with Gasteiger partial charge < -0.3 is 0 Å². The third-order valence-electron chi connectivity index (χ3n) is 4.42. The van der Waals surface area contributed by atoms with E-state index in [2.05, 4.69) is 45.4 Å². The molecule has 2 heteroatoms. The van der Waals surface area contributed by atoms with Crippen LogP contribution in [-0.2, 0) is 0 Å². The molecule has 0 aromatic heterocycles. The molecule has 1 unspecified atom stereocenters. The minimum atomic E-state index is -1.12. The van der Waals surface area contributed by atoms with E-state index in [0.717, 1.165) is 5.92 Å². The maximum absolute atomic E-state index is 2.67. The van der Waals surface area contributed by atoms with Gasteiger partial charge in [-0.1, -0.05) is 75.9 Å². The van der Waals surface area contributed by atoms with Gasteiger partial charge in [-0.15, -0.1) is 0 Å². The second-order valence-electron chi connectivity index (χ2n) is 8.70. The van der Waals surface area contributed by atoms with E-state index in [1.54, 1.807) is 0 Å².